The van der Waals surface area contributed by atoms with Crippen LogP contribution in [0.25, 0.3) is 0 Å². The summed E-state index contributed by atoms with van der Waals surface area (Å²) in [4.78, 5) is 23.5. The maximum Gasteiger partial charge on any atom is 0.317 e. The van der Waals surface area contributed by atoms with E-state index in [1.54, 1.807) is 6.92 Å². The van der Waals surface area contributed by atoms with Gasteiger partial charge in [-0.05, 0) is 6.92 Å². The van der Waals surface area contributed by atoms with Gasteiger partial charge in [-0.3, -0.25) is 4.79 Å². The van der Waals surface area contributed by atoms with Gasteiger partial charge in [0.2, 0.25) is 0 Å². The molecular formula is C10H17N3O3. The molecule has 0 fully saturated rings. The Morgan fingerprint density at radius 1 is 1.56 bits per heavy atom. The standard InChI is InChI=1S/C10H17N3O3/c1-3-13(6-4-5-11)10(16)12-7-8(2)9(14)15/h8H,3-4,6-7H2,1-2H3,(H,12,16)(H,14,15). The summed E-state index contributed by atoms with van der Waals surface area (Å²) in [5, 5.41) is 19.5. The topological polar surface area (TPSA) is 93.4 Å². The van der Waals surface area contributed by atoms with Crippen molar-refractivity contribution in [2.45, 2.75) is 20.3 Å². The van der Waals surface area contributed by atoms with Crippen LogP contribution in [-0.2, 0) is 4.79 Å². The minimum Gasteiger partial charge on any atom is -0.481 e. The van der Waals surface area contributed by atoms with E-state index in [0.717, 1.165) is 0 Å². The van der Waals surface area contributed by atoms with E-state index in [9.17, 15) is 9.59 Å². The molecule has 1 unspecified atom stereocenters. The lowest BCUT2D eigenvalue weighted by molar-refractivity contribution is -0.140. The monoisotopic (exact) mass is 227 g/mol. The first kappa shape index (κ1) is 14.2. The highest BCUT2D eigenvalue weighted by atomic mass is 16.4. The van der Waals surface area contributed by atoms with Crippen molar-refractivity contribution < 1.29 is 14.7 Å². The van der Waals surface area contributed by atoms with Crippen LogP contribution in [0.2, 0.25) is 0 Å². The first-order chi connectivity index (χ1) is 7.52. The highest BCUT2D eigenvalue weighted by molar-refractivity contribution is 5.75. The van der Waals surface area contributed by atoms with Crippen LogP contribution in [0.5, 0.6) is 0 Å². The van der Waals surface area contributed by atoms with Crippen molar-refractivity contribution >= 4 is 12.0 Å². The van der Waals surface area contributed by atoms with E-state index in [1.165, 1.54) is 11.8 Å². The van der Waals surface area contributed by atoms with Gasteiger partial charge in [0.05, 0.1) is 18.4 Å². The first-order valence-electron chi connectivity index (χ1n) is 5.15. The van der Waals surface area contributed by atoms with Crippen molar-refractivity contribution in [1.29, 1.82) is 5.26 Å². The second-order valence-electron chi connectivity index (χ2n) is 3.41. The Kier molecular flexibility index (Phi) is 6.68. The number of nitrogens with zero attached hydrogens (tertiary/aromatic N) is 2. The summed E-state index contributed by atoms with van der Waals surface area (Å²) in [6, 6.07) is 1.63. The van der Waals surface area contributed by atoms with Crippen LogP contribution in [-0.4, -0.2) is 41.6 Å². The summed E-state index contributed by atoms with van der Waals surface area (Å²) >= 11 is 0. The Morgan fingerprint density at radius 2 is 2.19 bits per heavy atom. The fourth-order valence-corrected chi connectivity index (χ4v) is 1.03. The third kappa shape index (κ3) is 5.20. The summed E-state index contributed by atoms with van der Waals surface area (Å²) in [5.74, 6) is -1.56. The number of urea groups is 1. The second-order valence-corrected chi connectivity index (χ2v) is 3.41. The maximum absolute atomic E-state index is 11.5. The number of hydrogen-bond donors (Lipinski definition) is 2. The zero-order valence-corrected chi connectivity index (χ0v) is 9.56. The highest BCUT2D eigenvalue weighted by Crippen LogP contribution is 1.95. The van der Waals surface area contributed by atoms with E-state index in [4.69, 9.17) is 10.4 Å². The molecule has 6 nitrogen and oxygen atoms in total. The lowest BCUT2D eigenvalue weighted by Gasteiger charge is -2.20. The van der Waals surface area contributed by atoms with Gasteiger partial charge in [0, 0.05) is 19.6 Å². The molecule has 0 aliphatic heterocycles. The quantitative estimate of drug-likeness (QED) is 0.696. The molecule has 0 spiro atoms. The van der Waals surface area contributed by atoms with Crippen molar-refractivity contribution in [3.05, 3.63) is 0 Å². The number of nitriles is 1. The lowest BCUT2D eigenvalue weighted by Crippen LogP contribution is -2.42. The Balaban J connectivity index is 4.02. The molecule has 6 heteroatoms. The van der Waals surface area contributed by atoms with E-state index < -0.39 is 11.9 Å². The van der Waals surface area contributed by atoms with E-state index in [2.05, 4.69) is 5.32 Å². The Labute approximate surface area is 94.8 Å². The van der Waals surface area contributed by atoms with Crippen LogP contribution in [0.4, 0.5) is 4.79 Å². The third-order valence-corrected chi connectivity index (χ3v) is 2.14. The number of carboxylic acids is 1. The largest absolute Gasteiger partial charge is 0.481 e. The Morgan fingerprint density at radius 3 is 2.62 bits per heavy atom. The zero-order chi connectivity index (χ0) is 12.6. The fourth-order valence-electron chi connectivity index (χ4n) is 1.03. The number of rotatable bonds is 6. The molecule has 0 rings (SSSR count). The average molecular weight is 227 g/mol. The summed E-state index contributed by atoms with van der Waals surface area (Å²) in [7, 11) is 0. The minimum atomic E-state index is -0.944. The van der Waals surface area contributed by atoms with E-state index in [-0.39, 0.29) is 19.0 Å². The second kappa shape index (κ2) is 7.51. The first-order valence-corrected chi connectivity index (χ1v) is 5.15. The number of carbonyl (C=O) groups is 2. The lowest BCUT2D eigenvalue weighted by atomic mass is 10.2. The molecule has 0 saturated carbocycles. The van der Waals surface area contributed by atoms with Crippen molar-refractivity contribution in [2.75, 3.05) is 19.6 Å². The molecule has 0 bridgehead atoms. The van der Waals surface area contributed by atoms with Gasteiger partial charge < -0.3 is 15.3 Å². The van der Waals surface area contributed by atoms with Gasteiger partial charge in [0.15, 0.2) is 0 Å². The number of carbonyl (C=O) groups excluding carboxylic acids is 1. The van der Waals surface area contributed by atoms with Gasteiger partial charge in [-0.25, -0.2) is 4.79 Å². The number of amides is 2. The SMILES string of the molecule is CCN(CCC#N)C(=O)NCC(C)C(=O)O. The molecule has 2 N–H and O–H groups in total. The van der Waals surface area contributed by atoms with Crippen LogP contribution in [0.15, 0.2) is 0 Å². The third-order valence-electron chi connectivity index (χ3n) is 2.14. The predicted molar refractivity (Wildman–Crippen MR) is 57.7 cm³/mol. The fraction of sp³-hybridized carbons (Fsp3) is 0.700. The molecule has 0 heterocycles. The highest BCUT2D eigenvalue weighted by Gasteiger charge is 2.15. The molecule has 0 radical (unpaired) electrons. The van der Waals surface area contributed by atoms with Crippen LogP contribution >= 0.6 is 0 Å². The van der Waals surface area contributed by atoms with E-state index >= 15 is 0 Å². The number of hydrogen-bond acceptors (Lipinski definition) is 3. The van der Waals surface area contributed by atoms with Crippen LogP contribution in [0.3, 0.4) is 0 Å². The number of aliphatic carboxylic acids is 1. The van der Waals surface area contributed by atoms with Gasteiger partial charge in [-0.1, -0.05) is 6.92 Å². The van der Waals surface area contributed by atoms with Crippen LogP contribution in [0.1, 0.15) is 20.3 Å². The van der Waals surface area contributed by atoms with Crippen molar-refractivity contribution in [3.8, 4) is 6.07 Å². The predicted octanol–water partition coefficient (Wildman–Crippen LogP) is 0.652. The van der Waals surface area contributed by atoms with Gasteiger partial charge >= 0.3 is 12.0 Å². The number of nitrogens with one attached hydrogen (secondary N) is 1. The molecule has 0 aromatic heterocycles. The summed E-state index contributed by atoms with van der Waals surface area (Å²) in [6.45, 7) is 4.28. The summed E-state index contributed by atoms with van der Waals surface area (Å²) < 4.78 is 0. The summed E-state index contributed by atoms with van der Waals surface area (Å²) in [5.41, 5.74) is 0. The van der Waals surface area contributed by atoms with Gasteiger partial charge in [-0.15, -0.1) is 0 Å². The average Bonchev–Trinajstić information content (AvgIpc) is 2.26. The van der Waals surface area contributed by atoms with E-state index in [1.807, 2.05) is 6.07 Å². The van der Waals surface area contributed by atoms with Crippen molar-refractivity contribution in [3.63, 3.8) is 0 Å². The number of carboxylic acid groups (broad SMARTS) is 1. The Bertz CT molecular complexity index is 286. The smallest absolute Gasteiger partial charge is 0.317 e. The molecule has 0 aromatic rings. The van der Waals surface area contributed by atoms with Crippen LogP contribution < -0.4 is 5.32 Å². The minimum absolute atomic E-state index is 0.0945. The molecule has 16 heavy (non-hydrogen) atoms. The van der Waals surface area contributed by atoms with Crippen LogP contribution in [0, 0.1) is 17.2 Å². The molecule has 1 atom stereocenters. The summed E-state index contributed by atoms with van der Waals surface area (Å²) in [6.07, 6.45) is 0.274. The normalized spacial score (nSPS) is 11.3. The molecule has 0 aliphatic carbocycles. The van der Waals surface area contributed by atoms with Gasteiger partial charge in [0.25, 0.3) is 0 Å². The van der Waals surface area contributed by atoms with Crippen molar-refractivity contribution in [1.82, 2.24) is 10.2 Å². The molecule has 2 amide bonds. The van der Waals surface area contributed by atoms with Gasteiger partial charge in [0.1, 0.15) is 0 Å². The molecule has 0 saturated heterocycles. The zero-order valence-electron chi connectivity index (χ0n) is 9.56. The Hall–Kier alpha value is -1.77. The molecular weight excluding hydrogens is 210 g/mol. The van der Waals surface area contributed by atoms with Gasteiger partial charge in [-0.2, -0.15) is 5.26 Å². The maximum atomic E-state index is 11.5. The molecule has 0 aromatic carbocycles. The van der Waals surface area contributed by atoms with E-state index in [0.29, 0.717) is 13.1 Å². The molecule has 0 aliphatic rings. The van der Waals surface area contributed by atoms with Crippen molar-refractivity contribution in [2.24, 2.45) is 5.92 Å². The molecule has 90 valence electrons.